The smallest absolute Gasteiger partial charge is 0.213 e. The lowest BCUT2D eigenvalue weighted by atomic mass is 9.64. The van der Waals surface area contributed by atoms with E-state index in [0.29, 0.717) is 6.42 Å². The summed E-state index contributed by atoms with van der Waals surface area (Å²) < 4.78 is 6.32. The van der Waals surface area contributed by atoms with Gasteiger partial charge in [-0.3, -0.25) is 0 Å². The third kappa shape index (κ3) is 7.31. The molecule has 2 heteroatoms. The molecule has 0 fully saturated rings. The molecule has 0 spiro atoms. The highest BCUT2D eigenvalue weighted by Crippen LogP contribution is 2.49. The van der Waals surface area contributed by atoms with Crippen molar-refractivity contribution in [1.82, 2.24) is 0 Å². The monoisotopic (exact) mass is 362 g/mol. The average Bonchev–Trinajstić information content (AvgIpc) is 2.32. The second kappa shape index (κ2) is 7.54. The van der Waals surface area contributed by atoms with Gasteiger partial charge in [0.2, 0.25) is 5.79 Å². The van der Waals surface area contributed by atoms with Crippen LogP contribution in [-0.2, 0) is 0 Å². The molecule has 26 heavy (non-hydrogen) atoms. The molecule has 1 aromatic rings. The van der Waals surface area contributed by atoms with E-state index in [2.05, 4.69) is 69.2 Å². The van der Waals surface area contributed by atoms with Gasteiger partial charge in [-0.15, -0.1) is 0 Å². The maximum Gasteiger partial charge on any atom is 0.213 e. The van der Waals surface area contributed by atoms with Crippen LogP contribution in [0, 0.1) is 21.7 Å². The second-order valence-electron chi connectivity index (χ2n) is 11.9. The fraction of sp³-hybridized carbons (Fsp3) is 0.750. The van der Waals surface area contributed by atoms with Crippen LogP contribution in [-0.4, -0.2) is 10.9 Å². The summed E-state index contributed by atoms with van der Waals surface area (Å²) in [4.78, 5) is 0. The molecule has 150 valence electrons. The Kier molecular flexibility index (Phi) is 6.68. The summed E-state index contributed by atoms with van der Waals surface area (Å²) in [5, 5.41) is 11.9. The highest BCUT2D eigenvalue weighted by Gasteiger charge is 2.50. The van der Waals surface area contributed by atoms with E-state index in [0.717, 1.165) is 18.6 Å². The first-order chi connectivity index (χ1) is 11.4. The van der Waals surface area contributed by atoms with Gasteiger partial charge in [-0.1, -0.05) is 87.4 Å². The standard InChI is InChI=1S/C24H42O2/c1-20(2,3)16-22(7,8)18-24(25,23(9,10)17-21(4,5)6)26-19-14-12-11-13-15-19/h11-15,25H,16-18H2,1-10H3. The van der Waals surface area contributed by atoms with E-state index in [9.17, 15) is 5.11 Å². The fourth-order valence-corrected chi connectivity index (χ4v) is 4.71. The average molecular weight is 363 g/mol. The lowest BCUT2D eigenvalue weighted by Crippen LogP contribution is -2.53. The molecule has 0 radical (unpaired) electrons. The van der Waals surface area contributed by atoms with Crippen molar-refractivity contribution in [2.24, 2.45) is 21.7 Å². The Labute approximate surface area is 162 Å². The lowest BCUT2D eigenvalue weighted by molar-refractivity contribution is -0.239. The molecular weight excluding hydrogens is 320 g/mol. The molecule has 1 unspecified atom stereocenters. The minimum absolute atomic E-state index is 0.0447. The van der Waals surface area contributed by atoms with Gasteiger partial charge in [0.05, 0.1) is 0 Å². The lowest BCUT2D eigenvalue weighted by Gasteiger charge is -2.49. The topological polar surface area (TPSA) is 29.5 Å². The molecule has 0 aliphatic rings. The molecule has 2 nitrogen and oxygen atoms in total. The third-order valence-corrected chi connectivity index (χ3v) is 4.79. The summed E-state index contributed by atoms with van der Waals surface area (Å²) in [5.74, 6) is -0.514. The van der Waals surface area contributed by atoms with Gasteiger partial charge < -0.3 is 9.84 Å². The SMILES string of the molecule is CC(C)(C)CC(C)(C)CC(O)(Oc1ccccc1)C(C)(C)CC(C)(C)C. The zero-order valence-electron chi connectivity index (χ0n) is 18.9. The van der Waals surface area contributed by atoms with Crippen molar-refractivity contribution >= 4 is 0 Å². The van der Waals surface area contributed by atoms with Crippen LogP contribution in [0.25, 0.3) is 0 Å². The van der Waals surface area contributed by atoms with E-state index in [1.807, 2.05) is 30.3 Å². The van der Waals surface area contributed by atoms with Crippen LogP contribution in [0.1, 0.15) is 88.5 Å². The molecule has 0 saturated heterocycles. The molecule has 1 N–H and O–H groups in total. The molecule has 0 saturated carbocycles. The third-order valence-electron chi connectivity index (χ3n) is 4.79. The fourth-order valence-electron chi connectivity index (χ4n) is 4.71. The van der Waals surface area contributed by atoms with E-state index >= 15 is 0 Å². The summed E-state index contributed by atoms with van der Waals surface area (Å²) in [7, 11) is 0. The number of hydrogen-bond acceptors (Lipinski definition) is 2. The van der Waals surface area contributed by atoms with Gasteiger partial charge in [-0.2, -0.15) is 0 Å². The van der Waals surface area contributed by atoms with Crippen molar-refractivity contribution in [3.05, 3.63) is 30.3 Å². The van der Waals surface area contributed by atoms with Crippen LogP contribution >= 0.6 is 0 Å². The van der Waals surface area contributed by atoms with E-state index in [-0.39, 0.29) is 16.2 Å². The number of para-hydroxylation sites is 1. The van der Waals surface area contributed by atoms with Gasteiger partial charge in [0.25, 0.3) is 0 Å². The first-order valence-electron chi connectivity index (χ1n) is 9.91. The largest absolute Gasteiger partial charge is 0.462 e. The summed E-state index contributed by atoms with van der Waals surface area (Å²) >= 11 is 0. The van der Waals surface area contributed by atoms with Crippen molar-refractivity contribution < 1.29 is 9.84 Å². The molecule has 0 amide bonds. The van der Waals surface area contributed by atoms with Crippen molar-refractivity contribution in [2.75, 3.05) is 0 Å². The number of benzene rings is 1. The second-order valence-corrected chi connectivity index (χ2v) is 11.9. The van der Waals surface area contributed by atoms with E-state index < -0.39 is 11.2 Å². The quantitative estimate of drug-likeness (QED) is 0.526. The molecular formula is C24H42O2. The molecule has 0 aromatic heterocycles. The Bertz CT molecular complexity index is 558. The predicted molar refractivity (Wildman–Crippen MR) is 112 cm³/mol. The minimum atomic E-state index is -1.24. The first kappa shape index (κ1) is 23.0. The summed E-state index contributed by atoms with van der Waals surface area (Å²) in [6, 6.07) is 9.72. The van der Waals surface area contributed by atoms with E-state index in [4.69, 9.17) is 4.74 Å². The van der Waals surface area contributed by atoms with Gasteiger partial charge in [-0.05, 0) is 41.2 Å². The Morgan fingerprint density at radius 3 is 1.58 bits per heavy atom. The predicted octanol–water partition coefficient (Wildman–Crippen LogP) is 7.07. The Morgan fingerprint density at radius 1 is 0.692 bits per heavy atom. The highest BCUT2D eigenvalue weighted by atomic mass is 16.6. The van der Waals surface area contributed by atoms with Crippen LogP contribution in [0.4, 0.5) is 0 Å². The van der Waals surface area contributed by atoms with Crippen molar-refractivity contribution in [3.63, 3.8) is 0 Å². The van der Waals surface area contributed by atoms with Crippen molar-refractivity contribution in [1.29, 1.82) is 0 Å². The zero-order valence-corrected chi connectivity index (χ0v) is 18.9. The Balaban J connectivity index is 3.24. The highest BCUT2D eigenvalue weighted by molar-refractivity contribution is 5.22. The number of ether oxygens (including phenoxy) is 1. The Morgan fingerprint density at radius 2 is 1.15 bits per heavy atom. The molecule has 1 rings (SSSR count). The van der Waals surface area contributed by atoms with Crippen LogP contribution in [0.5, 0.6) is 5.75 Å². The number of hydrogen-bond donors (Lipinski definition) is 1. The molecule has 0 bridgehead atoms. The molecule has 0 aliphatic heterocycles. The minimum Gasteiger partial charge on any atom is -0.462 e. The molecule has 0 heterocycles. The van der Waals surface area contributed by atoms with Crippen LogP contribution in [0.15, 0.2) is 30.3 Å². The molecule has 1 aromatic carbocycles. The van der Waals surface area contributed by atoms with Gasteiger partial charge in [0.15, 0.2) is 0 Å². The number of aliphatic hydroxyl groups is 1. The van der Waals surface area contributed by atoms with Gasteiger partial charge in [-0.25, -0.2) is 0 Å². The normalized spacial score (nSPS) is 16.3. The summed E-state index contributed by atoms with van der Waals surface area (Å²) in [6.45, 7) is 22.2. The van der Waals surface area contributed by atoms with Crippen LogP contribution in [0.3, 0.4) is 0 Å². The van der Waals surface area contributed by atoms with Gasteiger partial charge in [0, 0.05) is 11.8 Å². The van der Waals surface area contributed by atoms with Crippen LogP contribution in [0.2, 0.25) is 0 Å². The van der Waals surface area contributed by atoms with Crippen molar-refractivity contribution in [3.8, 4) is 5.75 Å². The van der Waals surface area contributed by atoms with E-state index in [1.165, 1.54) is 0 Å². The first-order valence-corrected chi connectivity index (χ1v) is 9.91. The van der Waals surface area contributed by atoms with Gasteiger partial charge >= 0.3 is 0 Å². The molecule has 1 atom stereocenters. The maximum absolute atomic E-state index is 11.9. The Hall–Kier alpha value is -1.02. The maximum atomic E-state index is 11.9. The summed E-state index contributed by atoms with van der Waals surface area (Å²) in [5.41, 5.74) is -0.135. The molecule has 0 aliphatic carbocycles. The van der Waals surface area contributed by atoms with E-state index in [1.54, 1.807) is 0 Å². The van der Waals surface area contributed by atoms with Gasteiger partial charge in [0.1, 0.15) is 5.75 Å². The summed E-state index contributed by atoms with van der Waals surface area (Å²) in [6.07, 6.45) is 2.48. The van der Waals surface area contributed by atoms with Crippen LogP contribution < -0.4 is 4.74 Å². The number of rotatable bonds is 7. The zero-order chi connectivity index (χ0) is 20.4. The van der Waals surface area contributed by atoms with Crippen molar-refractivity contribution in [2.45, 2.75) is 94.3 Å².